The minimum atomic E-state index is -0.869. The molecule has 0 fully saturated rings. The van der Waals surface area contributed by atoms with Crippen molar-refractivity contribution >= 4 is 11.7 Å². The molecule has 11 heteroatoms. The largest absolute Gasteiger partial charge is 0.493 e. The Balaban J connectivity index is 1.99. The zero-order valence-corrected chi connectivity index (χ0v) is 16.2. The second-order valence-electron chi connectivity index (χ2n) is 5.88. The average molecular weight is 415 g/mol. The minimum Gasteiger partial charge on any atom is -0.493 e. The Bertz CT molecular complexity index is 1120. The number of ether oxygens (including phenoxy) is 4. The maximum atomic E-state index is 12.6. The first-order chi connectivity index (χ1) is 14.4. The molecule has 0 aliphatic heterocycles. The highest BCUT2D eigenvalue weighted by atomic mass is 16.6. The lowest BCUT2D eigenvalue weighted by molar-refractivity contribution is -0.384. The van der Waals surface area contributed by atoms with Crippen molar-refractivity contribution in [2.24, 2.45) is 0 Å². The number of hydrogen-bond acceptors (Lipinski definition) is 8. The van der Waals surface area contributed by atoms with Crippen LogP contribution in [-0.2, 0) is 0 Å². The zero-order chi connectivity index (χ0) is 21.8. The molecule has 2 aromatic carbocycles. The Morgan fingerprint density at radius 1 is 0.967 bits per heavy atom. The number of nitro groups is 1. The molecule has 0 atom stereocenters. The van der Waals surface area contributed by atoms with Gasteiger partial charge in [-0.15, -0.1) is 0 Å². The van der Waals surface area contributed by atoms with E-state index < -0.39 is 16.6 Å². The summed E-state index contributed by atoms with van der Waals surface area (Å²) in [5.74, 6) is 0.193. The molecule has 0 spiro atoms. The second kappa shape index (κ2) is 8.39. The molecule has 0 aliphatic rings. The molecule has 30 heavy (non-hydrogen) atoms. The fourth-order valence-electron chi connectivity index (χ4n) is 2.77. The van der Waals surface area contributed by atoms with E-state index in [0.717, 1.165) is 0 Å². The normalized spacial score (nSPS) is 10.4. The van der Waals surface area contributed by atoms with Crippen LogP contribution in [0.15, 0.2) is 41.2 Å². The van der Waals surface area contributed by atoms with Gasteiger partial charge in [0, 0.05) is 17.7 Å². The van der Waals surface area contributed by atoms with E-state index in [1.165, 1.54) is 45.6 Å². The number of nitrogens with one attached hydrogen (secondary N) is 2. The fraction of sp³-hybridized carbons (Fsp3) is 0.158. The van der Waals surface area contributed by atoms with Crippen LogP contribution in [0, 0.1) is 10.1 Å². The first-order valence-electron chi connectivity index (χ1n) is 8.47. The van der Waals surface area contributed by atoms with Crippen LogP contribution in [0.1, 0.15) is 10.5 Å². The number of rotatable bonds is 7. The number of carbonyl (C=O) groups excluding carboxylic acids is 1. The van der Waals surface area contributed by atoms with Crippen LogP contribution in [0.25, 0.3) is 11.3 Å². The summed E-state index contributed by atoms with van der Waals surface area (Å²) in [5, 5.41) is 10.7. The summed E-state index contributed by atoms with van der Waals surface area (Å²) in [5.41, 5.74) is -0.380. The minimum absolute atomic E-state index is 0.0727. The Morgan fingerprint density at radius 3 is 2.07 bits per heavy atom. The molecular formula is C19H17N3O8. The van der Waals surface area contributed by atoms with Gasteiger partial charge >= 0.3 is 11.7 Å². The SMILES string of the molecule is COc1cc(-c2[nH]c(=O)[nH]c2C(=O)Oc2ccc([N+](=O)[O-])cc2)cc(OC)c1OC. The predicted octanol–water partition coefficient (Wildman–Crippen LogP) is 2.52. The van der Waals surface area contributed by atoms with Crippen LogP contribution >= 0.6 is 0 Å². The van der Waals surface area contributed by atoms with Crippen LogP contribution < -0.4 is 24.6 Å². The van der Waals surface area contributed by atoms with Gasteiger partial charge in [0.05, 0.1) is 31.9 Å². The van der Waals surface area contributed by atoms with Crippen molar-refractivity contribution in [2.75, 3.05) is 21.3 Å². The number of nitrogens with zero attached hydrogens (tertiary/aromatic N) is 1. The molecular weight excluding hydrogens is 398 g/mol. The molecule has 3 aromatic rings. The number of aromatic amines is 2. The second-order valence-corrected chi connectivity index (χ2v) is 5.88. The molecule has 1 heterocycles. The van der Waals surface area contributed by atoms with Crippen molar-refractivity contribution in [3.05, 3.63) is 62.7 Å². The van der Waals surface area contributed by atoms with Gasteiger partial charge < -0.3 is 23.9 Å². The number of carbonyl (C=O) groups is 1. The number of H-pyrrole nitrogens is 2. The summed E-state index contributed by atoms with van der Waals surface area (Å²) >= 11 is 0. The number of hydrogen-bond donors (Lipinski definition) is 2. The Morgan fingerprint density at radius 2 is 1.57 bits per heavy atom. The molecule has 2 N–H and O–H groups in total. The van der Waals surface area contributed by atoms with E-state index in [4.69, 9.17) is 18.9 Å². The first kappa shape index (κ1) is 20.5. The number of esters is 1. The van der Waals surface area contributed by atoms with Crippen LogP contribution in [0.4, 0.5) is 5.69 Å². The third-order valence-corrected chi connectivity index (χ3v) is 4.14. The summed E-state index contributed by atoms with van der Waals surface area (Å²) in [6, 6.07) is 8.07. The standard InChI is InChI=1S/C19H17N3O8/c1-27-13-8-10(9-14(28-2)17(13)29-3)15-16(21-19(24)20-15)18(23)30-12-6-4-11(5-7-12)22(25)26/h4-9H,1-3H3,(H2,20,21,24). The monoisotopic (exact) mass is 415 g/mol. The Labute approximate surface area is 169 Å². The van der Waals surface area contributed by atoms with Crippen molar-refractivity contribution in [3.8, 4) is 34.3 Å². The van der Waals surface area contributed by atoms with Crippen LogP contribution in [-0.4, -0.2) is 42.2 Å². The number of non-ortho nitro benzene ring substituents is 1. The predicted molar refractivity (Wildman–Crippen MR) is 105 cm³/mol. The molecule has 156 valence electrons. The van der Waals surface area contributed by atoms with Crippen molar-refractivity contribution in [1.82, 2.24) is 9.97 Å². The van der Waals surface area contributed by atoms with Crippen LogP contribution in [0.3, 0.4) is 0 Å². The molecule has 0 saturated heterocycles. The molecule has 11 nitrogen and oxygen atoms in total. The van der Waals surface area contributed by atoms with Crippen molar-refractivity contribution in [1.29, 1.82) is 0 Å². The highest BCUT2D eigenvalue weighted by Gasteiger charge is 2.22. The smallest absolute Gasteiger partial charge is 0.362 e. The quantitative estimate of drug-likeness (QED) is 0.259. The Hall–Kier alpha value is -4.28. The van der Waals surface area contributed by atoms with Gasteiger partial charge in [0.2, 0.25) is 5.75 Å². The van der Waals surface area contributed by atoms with Gasteiger partial charge in [-0.25, -0.2) is 9.59 Å². The van der Waals surface area contributed by atoms with Gasteiger partial charge in [-0.05, 0) is 24.3 Å². The fourth-order valence-corrected chi connectivity index (χ4v) is 2.77. The van der Waals surface area contributed by atoms with E-state index in [1.54, 1.807) is 12.1 Å². The van der Waals surface area contributed by atoms with Gasteiger partial charge in [-0.2, -0.15) is 0 Å². The third-order valence-electron chi connectivity index (χ3n) is 4.14. The van der Waals surface area contributed by atoms with E-state index in [1.807, 2.05) is 0 Å². The lowest BCUT2D eigenvalue weighted by atomic mass is 10.1. The van der Waals surface area contributed by atoms with Crippen LogP contribution in [0.5, 0.6) is 23.0 Å². The number of nitro benzene ring substituents is 1. The summed E-state index contributed by atoms with van der Waals surface area (Å²) < 4.78 is 21.1. The zero-order valence-electron chi connectivity index (χ0n) is 16.2. The van der Waals surface area contributed by atoms with E-state index >= 15 is 0 Å². The van der Waals surface area contributed by atoms with E-state index in [-0.39, 0.29) is 22.8 Å². The van der Waals surface area contributed by atoms with E-state index in [0.29, 0.717) is 22.8 Å². The molecule has 1 aromatic heterocycles. The number of methoxy groups -OCH3 is 3. The maximum absolute atomic E-state index is 12.6. The van der Waals surface area contributed by atoms with Gasteiger partial charge in [0.25, 0.3) is 5.69 Å². The lowest BCUT2D eigenvalue weighted by Gasteiger charge is -2.14. The van der Waals surface area contributed by atoms with Gasteiger partial charge in [-0.1, -0.05) is 0 Å². The van der Waals surface area contributed by atoms with Gasteiger partial charge in [0.15, 0.2) is 17.2 Å². The van der Waals surface area contributed by atoms with E-state index in [9.17, 15) is 19.7 Å². The molecule has 3 rings (SSSR count). The number of imidazole rings is 1. The van der Waals surface area contributed by atoms with Crippen molar-refractivity contribution < 1.29 is 28.7 Å². The molecule has 0 saturated carbocycles. The highest BCUT2D eigenvalue weighted by molar-refractivity contribution is 5.95. The molecule has 0 radical (unpaired) electrons. The summed E-state index contributed by atoms with van der Waals surface area (Å²) in [7, 11) is 4.32. The summed E-state index contributed by atoms with van der Waals surface area (Å²) in [6.07, 6.45) is 0. The topological polar surface area (TPSA) is 146 Å². The molecule has 0 unspecified atom stereocenters. The first-order valence-corrected chi connectivity index (χ1v) is 8.47. The summed E-state index contributed by atoms with van der Waals surface area (Å²) in [6.45, 7) is 0. The molecule has 0 bridgehead atoms. The molecule has 0 aliphatic carbocycles. The maximum Gasteiger partial charge on any atom is 0.362 e. The van der Waals surface area contributed by atoms with Crippen molar-refractivity contribution in [3.63, 3.8) is 0 Å². The molecule has 0 amide bonds. The van der Waals surface area contributed by atoms with E-state index in [2.05, 4.69) is 9.97 Å². The lowest BCUT2D eigenvalue weighted by Crippen LogP contribution is -2.12. The number of aromatic nitrogens is 2. The highest BCUT2D eigenvalue weighted by Crippen LogP contribution is 2.41. The van der Waals surface area contributed by atoms with Gasteiger partial charge in [0.1, 0.15) is 5.75 Å². The average Bonchev–Trinajstić information content (AvgIpc) is 3.14. The van der Waals surface area contributed by atoms with Crippen molar-refractivity contribution in [2.45, 2.75) is 0 Å². The summed E-state index contributed by atoms with van der Waals surface area (Å²) in [4.78, 5) is 39.6. The Kier molecular flexibility index (Phi) is 5.72. The van der Waals surface area contributed by atoms with Crippen LogP contribution in [0.2, 0.25) is 0 Å². The third kappa shape index (κ3) is 3.94. The van der Waals surface area contributed by atoms with Gasteiger partial charge in [-0.3, -0.25) is 15.1 Å². The number of benzene rings is 2.